The Labute approximate surface area is 138 Å². The van der Waals surface area contributed by atoms with Crippen molar-refractivity contribution in [2.45, 2.75) is 4.90 Å². The molecule has 0 amide bonds. The van der Waals surface area contributed by atoms with Crippen molar-refractivity contribution in [2.24, 2.45) is 14.1 Å². The van der Waals surface area contributed by atoms with Gasteiger partial charge in [0.1, 0.15) is 11.6 Å². The number of nitrogens with zero attached hydrogens (tertiary/aromatic N) is 2. The van der Waals surface area contributed by atoms with Crippen LogP contribution in [0.5, 0.6) is 0 Å². The number of rotatable bonds is 3. The number of nitrogens with one attached hydrogen (secondary N) is 1. The van der Waals surface area contributed by atoms with Gasteiger partial charge in [-0.25, -0.2) is 17.6 Å². The van der Waals surface area contributed by atoms with Crippen LogP contribution in [-0.2, 0) is 24.1 Å². The van der Waals surface area contributed by atoms with Crippen LogP contribution in [0.1, 0.15) is 0 Å². The molecule has 0 unspecified atom stereocenters. The Kier molecular flexibility index (Phi) is 4.35. The van der Waals surface area contributed by atoms with E-state index in [0.29, 0.717) is 9.04 Å². The quantitative estimate of drug-likeness (QED) is 0.763. The Morgan fingerprint density at radius 1 is 1.22 bits per heavy atom. The number of aromatic nitrogens is 2. The Morgan fingerprint density at radius 3 is 2.39 bits per heavy atom. The topological polar surface area (TPSA) is 116 Å². The molecule has 8 nitrogen and oxygen atoms in total. The van der Waals surface area contributed by atoms with Gasteiger partial charge in [0, 0.05) is 18.6 Å². The standard InChI is InChI=1S/C12H12BrFN4O4S/c1-17-10(15)9(11(19)18(2)12(17)20)23(21,22)16-8-4-3-6(13)5-7(8)14/h3-5,16H,15H2,1-2H3. The molecule has 0 aliphatic heterocycles. The van der Waals surface area contributed by atoms with E-state index in [4.69, 9.17) is 5.73 Å². The lowest BCUT2D eigenvalue weighted by atomic mass is 10.3. The lowest BCUT2D eigenvalue weighted by Gasteiger charge is -2.13. The summed E-state index contributed by atoms with van der Waals surface area (Å²) < 4.78 is 42.4. The molecular formula is C12H12BrFN4O4S. The second-order valence-corrected chi connectivity index (χ2v) is 7.18. The van der Waals surface area contributed by atoms with E-state index in [1.807, 2.05) is 4.72 Å². The number of hydrogen-bond acceptors (Lipinski definition) is 5. The van der Waals surface area contributed by atoms with Gasteiger partial charge in [-0.15, -0.1) is 0 Å². The molecule has 11 heteroatoms. The Hall–Kier alpha value is -2.14. The first kappa shape index (κ1) is 17.2. The van der Waals surface area contributed by atoms with Gasteiger partial charge >= 0.3 is 5.69 Å². The summed E-state index contributed by atoms with van der Waals surface area (Å²) >= 11 is 3.04. The minimum atomic E-state index is -4.50. The maximum atomic E-state index is 13.8. The molecule has 0 atom stereocenters. The second-order valence-electron chi connectivity index (χ2n) is 4.65. The molecule has 0 saturated heterocycles. The minimum Gasteiger partial charge on any atom is -0.384 e. The lowest BCUT2D eigenvalue weighted by Crippen LogP contribution is -2.42. The summed E-state index contributed by atoms with van der Waals surface area (Å²) in [6.07, 6.45) is 0. The number of hydrogen-bond donors (Lipinski definition) is 2. The number of halogens is 2. The molecule has 1 aromatic carbocycles. The molecule has 0 aliphatic carbocycles. The Balaban J connectivity index is 2.66. The van der Waals surface area contributed by atoms with E-state index in [2.05, 4.69) is 15.9 Å². The van der Waals surface area contributed by atoms with E-state index in [1.54, 1.807) is 0 Å². The molecule has 0 saturated carbocycles. The fourth-order valence-electron chi connectivity index (χ4n) is 1.85. The number of nitrogens with two attached hydrogens (primary N) is 1. The van der Waals surface area contributed by atoms with Crippen molar-refractivity contribution in [1.82, 2.24) is 9.13 Å². The van der Waals surface area contributed by atoms with Gasteiger partial charge in [0.05, 0.1) is 5.69 Å². The summed E-state index contributed by atoms with van der Waals surface area (Å²) in [7, 11) is -2.16. The molecular weight excluding hydrogens is 395 g/mol. The molecule has 0 radical (unpaired) electrons. The number of sulfonamides is 1. The van der Waals surface area contributed by atoms with Crippen molar-refractivity contribution in [3.63, 3.8) is 0 Å². The van der Waals surface area contributed by atoms with Gasteiger partial charge in [-0.05, 0) is 18.2 Å². The summed E-state index contributed by atoms with van der Waals surface area (Å²) in [5.41, 5.74) is 3.35. The summed E-state index contributed by atoms with van der Waals surface area (Å²) in [5, 5.41) is 0. The maximum absolute atomic E-state index is 13.8. The predicted molar refractivity (Wildman–Crippen MR) is 86.2 cm³/mol. The second kappa shape index (κ2) is 5.81. The fraction of sp³-hybridized carbons (Fsp3) is 0.167. The van der Waals surface area contributed by atoms with Gasteiger partial charge in [0.15, 0.2) is 4.90 Å². The highest BCUT2D eigenvalue weighted by Gasteiger charge is 2.27. The molecule has 0 aliphatic rings. The van der Waals surface area contributed by atoms with E-state index in [1.165, 1.54) is 19.2 Å². The monoisotopic (exact) mass is 406 g/mol. The molecule has 0 fully saturated rings. The smallest absolute Gasteiger partial charge is 0.332 e. The van der Waals surface area contributed by atoms with Crippen LogP contribution >= 0.6 is 15.9 Å². The SMILES string of the molecule is Cn1c(N)c(S(=O)(=O)Nc2ccc(Br)cc2F)c(=O)n(C)c1=O. The van der Waals surface area contributed by atoms with Crippen LogP contribution in [0, 0.1) is 5.82 Å². The van der Waals surface area contributed by atoms with Gasteiger partial charge in [-0.1, -0.05) is 15.9 Å². The third kappa shape index (κ3) is 3.01. The number of anilines is 2. The van der Waals surface area contributed by atoms with Crippen LogP contribution in [0.4, 0.5) is 15.9 Å². The average molecular weight is 407 g/mol. The summed E-state index contributed by atoms with van der Waals surface area (Å²) in [4.78, 5) is 23.0. The Bertz CT molecular complexity index is 1010. The third-order valence-electron chi connectivity index (χ3n) is 3.11. The first-order valence-electron chi connectivity index (χ1n) is 6.09. The third-order valence-corrected chi connectivity index (χ3v) is 5.01. The minimum absolute atomic E-state index is 0.358. The van der Waals surface area contributed by atoms with E-state index >= 15 is 0 Å². The molecule has 1 heterocycles. The van der Waals surface area contributed by atoms with Crippen molar-refractivity contribution >= 4 is 37.5 Å². The zero-order valence-electron chi connectivity index (χ0n) is 12.0. The van der Waals surface area contributed by atoms with Crippen molar-refractivity contribution < 1.29 is 12.8 Å². The lowest BCUT2D eigenvalue weighted by molar-refractivity contribution is 0.589. The first-order valence-corrected chi connectivity index (χ1v) is 8.37. The fourth-order valence-corrected chi connectivity index (χ4v) is 3.52. The maximum Gasteiger partial charge on any atom is 0.332 e. The van der Waals surface area contributed by atoms with Crippen LogP contribution in [0.25, 0.3) is 0 Å². The average Bonchev–Trinajstić information content (AvgIpc) is 2.46. The van der Waals surface area contributed by atoms with Crippen molar-refractivity contribution in [3.8, 4) is 0 Å². The van der Waals surface area contributed by atoms with Gasteiger partial charge < -0.3 is 5.73 Å². The number of nitrogen functional groups attached to an aromatic ring is 1. The van der Waals surface area contributed by atoms with Gasteiger partial charge in [0.2, 0.25) is 0 Å². The number of benzene rings is 1. The largest absolute Gasteiger partial charge is 0.384 e. The van der Waals surface area contributed by atoms with Crippen molar-refractivity contribution in [1.29, 1.82) is 0 Å². The van der Waals surface area contributed by atoms with Crippen molar-refractivity contribution in [2.75, 3.05) is 10.5 Å². The highest BCUT2D eigenvalue weighted by Crippen LogP contribution is 2.22. The van der Waals surface area contributed by atoms with Crippen molar-refractivity contribution in [3.05, 3.63) is 49.3 Å². The van der Waals surface area contributed by atoms with Crippen LogP contribution in [-0.4, -0.2) is 17.6 Å². The van der Waals surface area contributed by atoms with Gasteiger partial charge in [-0.2, -0.15) is 0 Å². The highest BCUT2D eigenvalue weighted by atomic mass is 79.9. The summed E-state index contributed by atoms with van der Waals surface area (Å²) in [6.45, 7) is 0. The molecule has 3 N–H and O–H groups in total. The molecule has 23 heavy (non-hydrogen) atoms. The van der Waals surface area contributed by atoms with Crippen LogP contribution < -0.4 is 21.7 Å². The molecule has 124 valence electrons. The molecule has 2 aromatic rings. The predicted octanol–water partition coefficient (Wildman–Crippen LogP) is 0.369. The Morgan fingerprint density at radius 2 is 1.83 bits per heavy atom. The van der Waals surface area contributed by atoms with Gasteiger partial charge in [-0.3, -0.25) is 18.7 Å². The zero-order chi connectivity index (χ0) is 17.5. The van der Waals surface area contributed by atoms with Crippen LogP contribution in [0.15, 0.2) is 37.2 Å². The summed E-state index contributed by atoms with van der Waals surface area (Å²) in [5.74, 6) is -1.38. The summed E-state index contributed by atoms with van der Waals surface area (Å²) in [6, 6.07) is 3.66. The first-order chi connectivity index (χ1) is 10.6. The van der Waals surface area contributed by atoms with E-state index < -0.39 is 37.8 Å². The van der Waals surface area contributed by atoms with Crippen LogP contribution in [0.3, 0.4) is 0 Å². The molecule has 0 bridgehead atoms. The molecule has 1 aromatic heterocycles. The molecule has 0 spiro atoms. The normalized spacial score (nSPS) is 11.5. The highest BCUT2D eigenvalue weighted by molar-refractivity contribution is 9.10. The zero-order valence-corrected chi connectivity index (χ0v) is 14.4. The van der Waals surface area contributed by atoms with E-state index in [0.717, 1.165) is 17.7 Å². The van der Waals surface area contributed by atoms with Gasteiger partial charge in [0.25, 0.3) is 15.6 Å². The van der Waals surface area contributed by atoms with E-state index in [9.17, 15) is 22.4 Å². The van der Waals surface area contributed by atoms with Crippen LogP contribution in [0.2, 0.25) is 0 Å². The molecule has 2 rings (SSSR count). The van der Waals surface area contributed by atoms with E-state index in [-0.39, 0.29) is 5.69 Å².